The van der Waals surface area contributed by atoms with Gasteiger partial charge in [-0.3, -0.25) is 14.4 Å². The number of rotatable bonds is 9. The number of carbonyl (C=O) groups is 3. The highest BCUT2D eigenvalue weighted by Gasteiger charge is 2.65. The van der Waals surface area contributed by atoms with E-state index in [0.29, 0.717) is 25.7 Å². The van der Waals surface area contributed by atoms with Gasteiger partial charge in [-0.05, 0) is 122 Å². The Kier molecular flexibility index (Phi) is 9.49. The lowest BCUT2D eigenvalue weighted by atomic mass is 9.43. The third kappa shape index (κ3) is 6.15. The maximum atomic E-state index is 12.8. The molecule has 240 valence electrons. The number of carbonyl (C=O) groups excluding carboxylic acids is 2. The van der Waals surface area contributed by atoms with Crippen LogP contribution in [-0.4, -0.2) is 51.5 Å². The number of aliphatic hydroxyl groups is 2. The largest absolute Gasteiger partial charge is 0.481 e. The van der Waals surface area contributed by atoms with Crippen LogP contribution in [0.1, 0.15) is 97.0 Å². The molecular weight excluding hydrogens is 558 g/mol. The van der Waals surface area contributed by atoms with Crippen molar-refractivity contribution in [2.75, 3.05) is 5.32 Å². The second-order valence-electron chi connectivity index (χ2n) is 14.7. The van der Waals surface area contributed by atoms with Crippen molar-refractivity contribution < 1.29 is 34.4 Å². The van der Waals surface area contributed by atoms with Crippen LogP contribution >= 0.6 is 0 Å². The van der Waals surface area contributed by atoms with E-state index in [0.717, 1.165) is 43.4 Å². The number of ether oxygens (including phenoxy) is 1. The van der Waals surface area contributed by atoms with E-state index in [9.17, 15) is 24.6 Å². The van der Waals surface area contributed by atoms with E-state index in [4.69, 9.17) is 16.3 Å². The predicted molar refractivity (Wildman–Crippen MR) is 166 cm³/mol. The van der Waals surface area contributed by atoms with Gasteiger partial charge in [0.05, 0.1) is 25.0 Å². The molecule has 0 aliphatic heterocycles. The van der Waals surface area contributed by atoms with Gasteiger partial charge in [-0.25, -0.2) is 0 Å². The first kappa shape index (κ1) is 32.5. The molecule has 11 atom stereocenters. The van der Waals surface area contributed by atoms with Crippen LogP contribution < -0.4 is 5.32 Å². The lowest BCUT2D eigenvalue weighted by molar-refractivity contribution is -0.209. The Morgan fingerprint density at radius 1 is 1.02 bits per heavy atom. The van der Waals surface area contributed by atoms with E-state index in [-0.39, 0.29) is 71.2 Å². The van der Waals surface area contributed by atoms with Crippen molar-refractivity contribution in [2.24, 2.45) is 46.3 Å². The van der Waals surface area contributed by atoms with Gasteiger partial charge in [0, 0.05) is 17.7 Å². The van der Waals surface area contributed by atoms with Crippen LogP contribution in [0.2, 0.25) is 0 Å². The van der Waals surface area contributed by atoms with Crippen LogP contribution in [0.5, 0.6) is 0 Å². The zero-order valence-corrected chi connectivity index (χ0v) is 26.3. The van der Waals surface area contributed by atoms with E-state index < -0.39 is 24.1 Å². The highest BCUT2D eigenvalue weighted by atomic mass is 16.5. The Morgan fingerprint density at radius 3 is 2.43 bits per heavy atom. The molecule has 5 rings (SSSR count). The molecule has 4 N–H and O–H groups in total. The maximum absolute atomic E-state index is 12.8. The summed E-state index contributed by atoms with van der Waals surface area (Å²) in [5.41, 5.74) is 1.12. The van der Waals surface area contributed by atoms with Crippen LogP contribution in [0, 0.1) is 58.7 Å². The number of aliphatic carboxylic acids is 1. The van der Waals surface area contributed by atoms with Gasteiger partial charge in [0.15, 0.2) is 0 Å². The van der Waals surface area contributed by atoms with Gasteiger partial charge < -0.3 is 25.4 Å². The second kappa shape index (κ2) is 12.8. The summed E-state index contributed by atoms with van der Waals surface area (Å²) in [7, 11) is 0. The third-order valence-corrected chi connectivity index (χ3v) is 12.5. The minimum Gasteiger partial charge on any atom is -0.481 e. The summed E-state index contributed by atoms with van der Waals surface area (Å²) in [5.74, 6) is 2.28. The Morgan fingerprint density at radius 2 is 1.75 bits per heavy atom. The van der Waals surface area contributed by atoms with Gasteiger partial charge in [0.25, 0.3) is 0 Å². The van der Waals surface area contributed by atoms with E-state index in [2.05, 4.69) is 32.0 Å². The molecule has 4 aliphatic carbocycles. The van der Waals surface area contributed by atoms with Gasteiger partial charge in [-0.15, -0.1) is 6.42 Å². The molecule has 1 aromatic carbocycles. The fourth-order valence-corrected chi connectivity index (χ4v) is 10.1. The molecular formula is C36H49NO7. The minimum absolute atomic E-state index is 0.0286. The van der Waals surface area contributed by atoms with Crippen molar-refractivity contribution in [3.63, 3.8) is 0 Å². The molecule has 0 radical (unpaired) electrons. The number of hydrogen-bond acceptors (Lipinski definition) is 6. The molecule has 0 heterocycles. The summed E-state index contributed by atoms with van der Waals surface area (Å²) in [6, 6.07) is 7.25. The van der Waals surface area contributed by atoms with Crippen LogP contribution in [0.15, 0.2) is 24.3 Å². The number of benzene rings is 1. The number of esters is 1. The van der Waals surface area contributed by atoms with Gasteiger partial charge in [0.2, 0.25) is 5.91 Å². The fraction of sp³-hybridized carbons (Fsp3) is 0.694. The standard InChI is InChI=1S/C36H49NO7/c1-5-22-7-9-24(10-8-22)37-31(40)13-6-21(2)26-11-12-27-34-28(20-30(39)36(26,27)4)35(3)17-16-25(18-23(35)19-29(34)38)44-33(43)15-14-32(41)42/h1,7-10,21,23,25-30,34,38-39H,6,11-20H2,2-4H3,(H,37,40)(H,41,42)/t21-,23+,25-,26-,27+,28+,29-,30+,34+,35+,36-/m1/s1. The molecule has 0 bridgehead atoms. The lowest BCUT2D eigenvalue weighted by Crippen LogP contribution is -2.62. The second-order valence-corrected chi connectivity index (χ2v) is 14.7. The van der Waals surface area contributed by atoms with Crippen molar-refractivity contribution >= 4 is 23.5 Å². The Balaban J connectivity index is 1.22. The van der Waals surface area contributed by atoms with Crippen LogP contribution in [-0.2, 0) is 19.1 Å². The number of terminal acetylenes is 1. The molecule has 0 saturated heterocycles. The average molecular weight is 608 g/mol. The molecule has 0 spiro atoms. The number of aliphatic hydroxyl groups excluding tert-OH is 2. The average Bonchev–Trinajstić information content (AvgIpc) is 3.35. The van der Waals surface area contributed by atoms with Gasteiger partial charge in [-0.1, -0.05) is 26.7 Å². The number of anilines is 1. The zero-order chi connectivity index (χ0) is 31.8. The zero-order valence-electron chi connectivity index (χ0n) is 26.3. The molecule has 1 aromatic rings. The highest BCUT2D eigenvalue weighted by Crippen LogP contribution is 2.68. The van der Waals surface area contributed by atoms with Crippen LogP contribution in [0.25, 0.3) is 0 Å². The van der Waals surface area contributed by atoms with Crippen molar-refractivity contribution in [1.82, 2.24) is 0 Å². The summed E-state index contributed by atoms with van der Waals surface area (Å²) >= 11 is 0. The van der Waals surface area contributed by atoms with Gasteiger partial charge in [0.1, 0.15) is 6.10 Å². The Hall–Kier alpha value is -2.89. The van der Waals surface area contributed by atoms with E-state index in [1.807, 2.05) is 24.3 Å². The number of carboxylic acid groups (broad SMARTS) is 1. The normalized spacial score (nSPS) is 38.3. The molecule has 8 nitrogen and oxygen atoms in total. The van der Waals surface area contributed by atoms with Crippen molar-refractivity contribution in [2.45, 2.75) is 110 Å². The lowest BCUT2D eigenvalue weighted by Gasteiger charge is -2.63. The number of nitrogens with one attached hydrogen (secondary N) is 1. The summed E-state index contributed by atoms with van der Waals surface area (Å²) in [4.78, 5) is 35.8. The molecule has 44 heavy (non-hydrogen) atoms. The molecule has 1 amide bonds. The molecule has 0 unspecified atom stereocenters. The molecule has 4 saturated carbocycles. The first-order chi connectivity index (χ1) is 20.9. The van der Waals surface area contributed by atoms with Crippen LogP contribution in [0.4, 0.5) is 5.69 Å². The number of carboxylic acids is 1. The van der Waals surface area contributed by atoms with Crippen LogP contribution in [0.3, 0.4) is 0 Å². The van der Waals surface area contributed by atoms with E-state index >= 15 is 0 Å². The maximum Gasteiger partial charge on any atom is 0.306 e. The number of amides is 1. The van der Waals surface area contributed by atoms with Crippen molar-refractivity contribution in [1.29, 1.82) is 0 Å². The molecule has 8 heteroatoms. The predicted octanol–water partition coefficient (Wildman–Crippen LogP) is 5.40. The summed E-state index contributed by atoms with van der Waals surface area (Å²) < 4.78 is 5.67. The minimum atomic E-state index is -1.01. The van der Waals surface area contributed by atoms with Crippen molar-refractivity contribution in [3.05, 3.63) is 29.8 Å². The monoisotopic (exact) mass is 607 g/mol. The topological polar surface area (TPSA) is 133 Å². The molecule has 4 aliphatic rings. The Labute approximate surface area is 261 Å². The van der Waals surface area contributed by atoms with Gasteiger partial charge >= 0.3 is 11.9 Å². The first-order valence-electron chi connectivity index (χ1n) is 16.5. The smallest absolute Gasteiger partial charge is 0.306 e. The molecule has 0 aromatic heterocycles. The van der Waals surface area contributed by atoms with Crippen molar-refractivity contribution in [3.8, 4) is 12.3 Å². The Bertz CT molecular complexity index is 1270. The van der Waals surface area contributed by atoms with E-state index in [1.165, 1.54) is 0 Å². The fourth-order valence-electron chi connectivity index (χ4n) is 10.1. The highest BCUT2D eigenvalue weighted by molar-refractivity contribution is 5.90. The van der Waals surface area contributed by atoms with Gasteiger partial charge in [-0.2, -0.15) is 0 Å². The summed E-state index contributed by atoms with van der Waals surface area (Å²) in [5, 5.41) is 35.4. The number of fused-ring (bicyclic) bond motifs is 5. The summed E-state index contributed by atoms with van der Waals surface area (Å²) in [6.07, 6.45) is 10.5. The summed E-state index contributed by atoms with van der Waals surface area (Å²) in [6.45, 7) is 6.75. The van der Waals surface area contributed by atoms with E-state index in [1.54, 1.807) is 0 Å². The number of hydrogen-bond donors (Lipinski definition) is 4. The quantitative estimate of drug-likeness (QED) is 0.218. The third-order valence-electron chi connectivity index (χ3n) is 12.5. The SMILES string of the molecule is C#Cc1ccc(NC(=O)CC[C@@H](C)[C@H]2CC[C@H]3[C@@H]4[C@H](O)C[C@@H]5C[C@H](OC(=O)CCC(=O)O)CC[C@]5(C)[C@H]4C[C@H](O)[C@]23C)cc1. The molecule has 4 fully saturated rings. The first-order valence-corrected chi connectivity index (χ1v) is 16.5.